The van der Waals surface area contributed by atoms with E-state index in [2.05, 4.69) is 15.0 Å². The largest absolute Gasteiger partial charge is 0.394 e. The van der Waals surface area contributed by atoms with Crippen LogP contribution in [0, 0.1) is 0 Å². The van der Waals surface area contributed by atoms with Crippen molar-refractivity contribution in [2.24, 2.45) is 0 Å². The number of nitrogens with zero attached hydrogens (tertiary/aromatic N) is 5. The highest BCUT2D eigenvalue weighted by molar-refractivity contribution is 5.79. The number of aliphatic hydroxyl groups is 3. The van der Waals surface area contributed by atoms with Gasteiger partial charge in [-0.2, -0.15) is 0 Å². The van der Waals surface area contributed by atoms with Crippen molar-refractivity contribution in [3.8, 4) is 0 Å². The van der Waals surface area contributed by atoms with Crippen LogP contribution in [-0.2, 0) is 16.1 Å². The van der Waals surface area contributed by atoms with E-state index in [9.17, 15) is 20.1 Å². The second-order valence-corrected chi connectivity index (χ2v) is 6.29. The highest BCUT2D eigenvalue weighted by Crippen LogP contribution is 2.31. The fraction of sp³-hybridized carbons (Fsp3) is 0.600. The van der Waals surface area contributed by atoms with Crippen molar-refractivity contribution in [3.05, 3.63) is 18.3 Å². The Balaban J connectivity index is 1.66. The zero-order chi connectivity index (χ0) is 17.6. The third-order valence-corrected chi connectivity index (χ3v) is 4.74. The van der Waals surface area contributed by atoms with Gasteiger partial charge in [-0.25, -0.2) is 15.0 Å². The van der Waals surface area contributed by atoms with Gasteiger partial charge in [0.1, 0.15) is 30.2 Å². The normalized spacial score (nSPS) is 29.9. The van der Waals surface area contributed by atoms with Crippen LogP contribution in [0.15, 0.2) is 12.7 Å². The number of likely N-dealkylation sites (tertiary alicyclic amines) is 1. The van der Waals surface area contributed by atoms with Crippen molar-refractivity contribution >= 4 is 17.1 Å². The van der Waals surface area contributed by atoms with Crippen LogP contribution < -0.4 is 0 Å². The minimum absolute atomic E-state index is 0.0923. The molecule has 4 heterocycles. The van der Waals surface area contributed by atoms with Gasteiger partial charge >= 0.3 is 0 Å². The Bertz CT molecular complexity index is 796. The van der Waals surface area contributed by atoms with Crippen molar-refractivity contribution in [2.75, 3.05) is 13.2 Å². The molecule has 134 valence electrons. The number of hydrogen-bond acceptors (Lipinski definition) is 8. The van der Waals surface area contributed by atoms with E-state index in [1.165, 1.54) is 17.2 Å². The molecular weight excluding hydrogens is 330 g/mol. The van der Waals surface area contributed by atoms with Gasteiger partial charge in [0.25, 0.3) is 0 Å². The zero-order valence-corrected chi connectivity index (χ0v) is 13.4. The third-order valence-electron chi connectivity index (χ3n) is 4.74. The number of imidazole rings is 1. The first kappa shape index (κ1) is 16.3. The maximum atomic E-state index is 11.8. The highest BCUT2D eigenvalue weighted by Gasteiger charge is 2.44. The molecule has 0 radical (unpaired) electrons. The minimum Gasteiger partial charge on any atom is -0.394 e. The maximum Gasteiger partial charge on any atom is 0.222 e. The summed E-state index contributed by atoms with van der Waals surface area (Å²) in [5.74, 6) is 0.0923. The predicted molar refractivity (Wildman–Crippen MR) is 83.0 cm³/mol. The standard InChI is InChI=1S/C15H19N5O5/c21-5-9-12(23)13(24)15(25-9)20-7-18-11-8(16-6-17-14(11)20)4-19-3-1-2-10(19)22/h6-7,9,12-13,15,21,23-24H,1-5H2/t9-,12-,13-,15-/m1/s1. The van der Waals surface area contributed by atoms with Gasteiger partial charge in [-0.15, -0.1) is 0 Å². The molecule has 10 nitrogen and oxygen atoms in total. The first-order chi connectivity index (χ1) is 12.1. The number of ether oxygens (including phenoxy) is 1. The van der Waals surface area contributed by atoms with Crippen LogP contribution in [0.25, 0.3) is 11.2 Å². The number of hydrogen-bond donors (Lipinski definition) is 3. The van der Waals surface area contributed by atoms with Crippen LogP contribution in [0.2, 0.25) is 0 Å². The number of rotatable bonds is 4. The summed E-state index contributed by atoms with van der Waals surface area (Å²) in [6, 6.07) is 0. The van der Waals surface area contributed by atoms with Crippen LogP contribution in [-0.4, -0.2) is 77.1 Å². The zero-order valence-electron chi connectivity index (χ0n) is 13.4. The maximum absolute atomic E-state index is 11.8. The molecule has 0 aliphatic carbocycles. The molecule has 2 saturated heterocycles. The number of amides is 1. The molecular formula is C15H19N5O5. The molecule has 2 aliphatic heterocycles. The van der Waals surface area contributed by atoms with E-state index in [-0.39, 0.29) is 5.91 Å². The Morgan fingerprint density at radius 2 is 2.08 bits per heavy atom. The van der Waals surface area contributed by atoms with Crippen LogP contribution in [0.4, 0.5) is 0 Å². The van der Waals surface area contributed by atoms with E-state index < -0.39 is 31.1 Å². The summed E-state index contributed by atoms with van der Waals surface area (Å²) in [7, 11) is 0. The lowest BCUT2D eigenvalue weighted by molar-refractivity contribution is -0.128. The lowest BCUT2D eigenvalue weighted by Gasteiger charge is -2.17. The number of carbonyl (C=O) groups is 1. The van der Waals surface area contributed by atoms with E-state index in [1.807, 2.05) is 0 Å². The summed E-state index contributed by atoms with van der Waals surface area (Å²) in [6.45, 7) is 0.642. The van der Waals surface area contributed by atoms with Gasteiger partial charge in [-0.1, -0.05) is 0 Å². The Kier molecular flexibility index (Phi) is 4.12. The summed E-state index contributed by atoms with van der Waals surface area (Å²) in [5, 5.41) is 29.3. The van der Waals surface area contributed by atoms with Gasteiger partial charge in [0, 0.05) is 13.0 Å². The van der Waals surface area contributed by atoms with Gasteiger partial charge in [0.2, 0.25) is 5.91 Å². The highest BCUT2D eigenvalue weighted by atomic mass is 16.6. The minimum atomic E-state index is -1.21. The molecule has 10 heteroatoms. The lowest BCUT2D eigenvalue weighted by Crippen LogP contribution is -2.33. The monoisotopic (exact) mass is 349 g/mol. The lowest BCUT2D eigenvalue weighted by atomic mass is 10.1. The SMILES string of the molecule is O=C1CCCN1Cc1ncnc2c1ncn2[C@@H]1O[C@H](CO)[C@@H](O)[C@H]1O. The Morgan fingerprint density at radius 1 is 1.24 bits per heavy atom. The van der Waals surface area contributed by atoms with Gasteiger partial charge in [0.05, 0.1) is 25.2 Å². The van der Waals surface area contributed by atoms with Crippen LogP contribution in [0.3, 0.4) is 0 Å². The van der Waals surface area contributed by atoms with E-state index >= 15 is 0 Å². The third kappa shape index (κ3) is 2.67. The summed E-state index contributed by atoms with van der Waals surface area (Å²) < 4.78 is 7.04. The van der Waals surface area contributed by atoms with Crippen LogP contribution in [0.5, 0.6) is 0 Å². The molecule has 0 aromatic carbocycles. The van der Waals surface area contributed by atoms with Crippen LogP contribution in [0.1, 0.15) is 24.8 Å². The van der Waals surface area contributed by atoms with Crippen molar-refractivity contribution in [1.29, 1.82) is 0 Å². The number of aromatic nitrogens is 4. The topological polar surface area (TPSA) is 134 Å². The number of aliphatic hydroxyl groups excluding tert-OH is 3. The second-order valence-electron chi connectivity index (χ2n) is 6.29. The van der Waals surface area contributed by atoms with E-state index in [1.54, 1.807) is 4.90 Å². The number of carbonyl (C=O) groups excluding carboxylic acids is 1. The Labute approximate surface area is 142 Å². The molecule has 0 bridgehead atoms. The van der Waals surface area contributed by atoms with Crippen molar-refractivity contribution in [3.63, 3.8) is 0 Å². The molecule has 2 aromatic heterocycles. The second kappa shape index (κ2) is 6.30. The van der Waals surface area contributed by atoms with Gasteiger partial charge in [-0.05, 0) is 6.42 Å². The fourth-order valence-electron chi connectivity index (χ4n) is 3.36. The van der Waals surface area contributed by atoms with Crippen molar-refractivity contribution in [1.82, 2.24) is 24.4 Å². The number of fused-ring (bicyclic) bond motifs is 1. The molecule has 3 N–H and O–H groups in total. The van der Waals surface area contributed by atoms with Crippen LogP contribution >= 0.6 is 0 Å². The summed E-state index contributed by atoms with van der Waals surface area (Å²) >= 11 is 0. The fourth-order valence-corrected chi connectivity index (χ4v) is 3.36. The van der Waals surface area contributed by atoms with Gasteiger partial charge < -0.3 is 25.0 Å². The quantitative estimate of drug-likeness (QED) is 0.611. The van der Waals surface area contributed by atoms with Gasteiger partial charge in [0.15, 0.2) is 11.9 Å². The smallest absolute Gasteiger partial charge is 0.222 e. The molecule has 2 fully saturated rings. The van der Waals surface area contributed by atoms with Crippen molar-refractivity contribution < 1.29 is 24.9 Å². The Hall–Kier alpha value is -2.14. The van der Waals surface area contributed by atoms with Gasteiger partial charge in [-0.3, -0.25) is 9.36 Å². The molecule has 25 heavy (non-hydrogen) atoms. The molecule has 2 aromatic rings. The molecule has 4 rings (SSSR count). The molecule has 0 saturated carbocycles. The molecule has 2 aliphatic rings. The molecule has 0 spiro atoms. The summed E-state index contributed by atoms with van der Waals surface area (Å²) in [4.78, 5) is 26.3. The Morgan fingerprint density at radius 3 is 2.76 bits per heavy atom. The molecule has 0 unspecified atom stereocenters. The molecule has 1 amide bonds. The predicted octanol–water partition coefficient (Wildman–Crippen LogP) is -1.44. The van der Waals surface area contributed by atoms with Crippen molar-refractivity contribution in [2.45, 2.75) is 43.9 Å². The van der Waals surface area contributed by atoms with E-state index in [4.69, 9.17) is 4.74 Å². The average molecular weight is 349 g/mol. The van der Waals surface area contributed by atoms with E-state index in [0.717, 1.165) is 6.42 Å². The first-order valence-electron chi connectivity index (χ1n) is 8.16. The summed E-state index contributed by atoms with van der Waals surface area (Å²) in [6.07, 6.45) is 0.0143. The summed E-state index contributed by atoms with van der Waals surface area (Å²) in [5.41, 5.74) is 1.57. The average Bonchev–Trinajstić information content (AvgIpc) is 3.29. The van der Waals surface area contributed by atoms with E-state index in [0.29, 0.717) is 36.4 Å². The first-order valence-corrected chi connectivity index (χ1v) is 8.16. The molecule has 4 atom stereocenters.